The number of benzene rings is 1. The van der Waals surface area contributed by atoms with Gasteiger partial charge in [-0.3, -0.25) is 0 Å². The van der Waals surface area contributed by atoms with E-state index in [4.69, 9.17) is 4.74 Å². The third-order valence-corrected chi connectivity index (χ3v) is 3.68. The lowest BCUT2D eigenvalue weighted by atomic mass is 10.4. The van der Waals surface area contributed by atoms with Crippen LogP contribution in [0.2, 0.25) is 0 Å². The van der Waals surface area contributed by atoms with Crippen LogP contribution < -0.4 is 10.0 Å². The van der Waals surface area contributed by atoms with Crippen molar-refractivity contribution >= 4 is 22.4 Å². The highest BCUT2D eigenvalue weighted by Gasteiger charge is 2.12. The van der Waals surface area contributed by atoms with Gasteiger partial charge < -0.3 is 10.1 Å². The molecular weight excluding hydrogens is 295 g/mol. The van der Waals surface area contributed by atoms with Gasteiger partial charge in [0, 0.05) is 26.7 Å². The Balaban J connectivity index is 0.00000324. The van der Waals surface area contributed by atoms with E-state index in [-0.39, 0.29) is 23.8 Å². The van der Waals surface area contributed by atoms with E-state index in [1.807, 2.05) is 0 Å². The van der Waals surface area contributed by atoms with Crippen molar-refractivity contribution in [1.29, 1.82) is 0 Å². The zero-order valence-corrected chi connectivity index (χ0v) is 12.2. The molecule has 0 aromatic heterocycles. The summed E-state index contributed by atoms with van der Waals surface area (Å²) in [6.07, 6.45) is 0. The molecule has 5 nitrogen and oxygen atoms in total. The Morgan fingerprint density at radius 1 is 1.16 bits per heavy atom. The Bertz CT molecular complexity index is 454. The van der Waals surface area contributed by atoms with Crippen molar-refractivity contribution in [2.24, 2.45) is 0 Å². The summed E-state index contributed by atoms with van der Waals surface area (Å²) in [6.45, 7) is 2.01. The van der Waals surface area contributed by atoms with E-state index < -0.39 is 15.8 Å². The van der Waals surface area contributed by atoms with Crippen molar-refractivity contribution in [1.82, 2.24) is 10.0 Å². The quantitative estimate of drug-likeness (QED) is 0.696. The van der Waals surface area contributed by atoms with Gasteiger partial charge in [-0.05, 0) is 24.3 Å². The molecule has 0 amide bonds. The number of nitrogens with one attached hydrogen (secondary N) is 2. The molecule has 1 aromatic rings. The van der Waals surface area contributed by atoms with E-state index in [0.717, 1.165) is 12.1 Å². The highest BCUT2D eigenvalue weighted by Crippen LogP contribution is 2.08. The first kappa shape index (κ1) is 18.3. The number of hydrogen-bond acceptors (Lipinski definition) is 4. The minimum Gasteiger partial charge on any atom is -0.383 e. The molecular formula is C11H18ClFN2O3S. The number of hydrogen-bond donors (Lipinski definition) is 2. The van der Waals surface area contributed by atoms with Crippen molar-refractivity contribution < 1.29 is 17.5 Å². The molecule has 1 aromatic carbocycles. The van der Waals surface area contributed by atoms with Crippen molar-refractivity contribution in [3.05, 3.63) is 30.1 Å². The number of methoxy groups -OCH3 is 1. The van der Waals surface area contributed by atoms with Gasteiger partial charge in [-0.1, -0.05) is 0 Å². The molecule has 0 heterocycles. The van der Waals surface area contributed by atoms with Gasteiger partial charge in [-0.25, -0.2) is 17.5 Å². The molecule has 8 heteroatoms. The summed E-state index contributed by atoms with van der Waals surface area (Å²) in [4.78, 5) is 0.0563. The van der Waals surface area contributed by atoms with Crippen molar-refractivity contribution in [3.63, 3.8) is 0 Å². The minimum absolute atomic E-state index is 0. The summed E-state index contributed by atoms with van der Waals surface area (Å²) < 4.78 is 43.4. The van der Waals surface area contributed by atoms with E-state index in [9.17, 15) is 12.8 Å². The Labute approximate surface area is 119 Å². The van der Waals surface area contributed by atoms with E-state index in [0.29, 0.717) is 19.7 Å². The molecule has 0 atom stereocenters. The van der Waals surface area contributed by atoms with Crippen LogP contribution >= 0.6 is 12.4 Å². The molecule has 0 aliphatic heterocycles. The van der Waals surface area contributed by atoms with Crippen LogP contribution in [0.3, 0.4) is 0 Å². The van der Waals surface area contributed by atoms with Crippen LogP contribution in [0.25, 0.3) is 0 Å². The predicted molar refractivity (Wildman–Crippen MR) is 73.6 cm³/mol. The summed E-state index contributed by atoms with van der Waals surface area (Å²) in [6, 6.07) is 4.70. The normalized spacial score (nSPS) is 11.1. The SMILES string of the molecule is COCCNCCNS(=O)(=O)c1ccc(F)cc1.Cl. The lowest BCUT2D eigenvalue weighted by Crippen LogP contribution is -2.33. The van der Waals surface area contributed by atoms with E-state index >= 15 is 0 Å². The van der Waals surface area contributed by atoms with Gasteiger partial charge in [-0.15, -0.1) is 12.4 Å². The summed E-state index contributed by atoms with van der Waals surface area (Å²) in [7, 11) is -1.96. The molecule has 2 N–H and O–H groups in total. The van der Waals surface area contributed by atoms with Gasteiger partial charge in [0.25, 0.3) is 0 Å². The van der Waals surface area contributed by atoms with Crippen molar-refractivity contribution in [3.8, 4) is 0 Å². The van der Waals surface area contributed by atoms with Gasteiger partial charge in [0.2, 0.25) is 10.0 Å². The Kier molecular flexibility index (Phi) is 8.86. The topological polar surface area (TPSA) is 67.4 Å². The highest BCUT2D eigenvalue weighted by molar-refractivity contribution is 7.89. The van der Waals surface area contributed by atoms with Gasteiger partial charge in [0.15, 0.2) is 0 Å². The number of rotatable bonds is 8. The van der Waals surface area contributed by atoms with Crippen LogP contribution in [0.5, 0.6) is 0 Å². The first-order valence-electron chi connectivity index (χ1n) is 5.51. The average Bonchev–Trinajstić information content (AvgIpc) is 2.34. The van der Waals surface area contributed by atoms with E-state index in [1.54, 1.807) is 7.11 Å². The fourth-order valence-corrected chi connectivity index (χ4v) is 2.30. The third kappa shape index (κ3) is 6.84. The van der Waals surface area contributed by atoms with Gasteiger partial charge in [-0.2, -0.15) is 0 Å². The van der Waals surface area contributed by atoms with E-state index in [1.165, 1.54) is 12.1 Å². The summed E-state index contributed by atoms with van der Waals surface area (Å²) in [5, 5.41) is 3.01. The molecule has 1 rings (SSSR count). The number of halogens is 2. The molecule has 0 radical (unpaired) electrons. The molecule has 19 heavy (non-hydrogen) atoms. The molecule has 0 bridgehead atoms. The molecule has 0 saturated carbocycles. The largest absolute Gasteiger partial charge is 0.383 e. The monoisotopic (exact) mass is 312 g/mol. The maximum Gasteiger partial charge on any atom is 0.240 e. The van der Waals surface area contributed by atoms with Gasteiger partial charge >= 0.3 is 0 Å². The second-order valence-corrected chi connectivity index (χ2v) is 5.36. The molecule has 0 fully saturated rings. The maximum atomic E-state index is 12.7. The average molecular weight is 313 g/mol. The van der Waals surface area contributed by atoms with Crippen LogP contribution in [0.15, 0.2) is 29.2 Å². The van der Waals surface area contributed by atoms with Crippen molar-refractivity contribution in [2.45, 2.75) is 4.90 Å². The standard InChI is InChI=1S/C11H17FN2O3S.ClH/c1-17-9-8-13-6-7-14-18(15,16)11-4-2-10(12)3-5-11;/h2-5,13-14H,6-9H2,1H3;1H. The van der Waals surface area contributed by atoms with Crippen LogP contribution in [0, 0.1) is 5.82 Å². The molecule has 0 aliphatic carbocycles. The Hall–Kier alpha value is -0.730. The zero-order chi connectivity index (χ0) is 13.4. The zero-order valence-electron chi connectivity index (χ0n) is 10.6. The minimum atomic E-state index is -3.56. The number of ether oxygens (including phenoxy) is 1. The van der Waals surface area contributed by atoms with Crippen LogP contribution in [-0.2, 0) is 14.8 Å². The second-order valence-electron chi connectivity index (χ2n) is 3.59. The summed E-state index contributed by atoms with van der Waals surface area (Å²) in [5.41, 5.74) is 0. The third-order valence-electron chi connectivity index (χ3n) is 2.20. The second kappa shape index (κ2) is 9.22. The predicted octanol–water partition coefficient (Wildman–Crippen LogP) is 0.762. The lowest BCUT2D eigenvalue weighted by molar-refractivity contribution is 0.199. The molecule has 0 aliphatic rings. The summed E-state index contributed by atoms with van der Waals surface area (Å²) >= 11 is 0. The maximum absolute atomic E-state index is 12.7. The van der Waals surface area contributed by atoms with E-state index in [2.05, 4.69) is 10.0 Å². The molecule has 110 valence electrons. The highest BCUT2D eigenvalue weighted by atomic mass is 35.5. The van der Waals surface area contributed by atoms with Crippen LogP contribution in [-0.4, -0.2) is 41.8 Å². The van der Waals surface area contributed by atoms with Crippen molar-refractivity contribution in [2.75, 3.05) is 33.4 Å². The van der Waals surface area contributed by atoms with Crippen LogP contribution in [0.1, 0.15) is 0 Å². The van der Waals surface area contributed by atoms with Gasteiger partial charge in [0.1, 0.15) is 5.82 Å². The number of sulfonamides is 1. The summed E-state index contributed by atoms with van der Waals surface area (Å²) in [5.74, 6) is -0.463. The lowest BCUT2D eigenvalue weighted by Gasteiger charge is -2.07. The molecule has 0 unspecified atom stereocenters. The Morgan fingerprint density at radius 3 is 2.37 bits per heavy atom. The fraction of sp³-hybridized carbons (Fsp3) is 0.455. The molecule has 0 saturated heterocycles. The first-order valence-corrected chi connectivity index (χ1v) is 6.99. The fourth-order valence-electron chi connectivity index (χ4n) is 1.27. The van der Waals surface area contributed by atoms with Gasteiger partial charge in [0.05, 0.1) is 11.5 Å². The first-order chi connectivity index (χ1) is 8.56. The smallest absolute Gasteiger partial charge is 0.240 e. The Morgan fingerprint density at radius 2 is 1.79 bits per heavy atom. The molecule has 0 spiro atoms. The van der Waals surface area contributed by atoms with Crippen LogP contribution in [0.4, 0.5) is 4.39 Å².